The highest BCUT2D eigenvalue weighted by molar-refractivity contribution is 5.77. The van der Waals surface area contributed by atoms with Gasteiger partial charge in [0.05, 0.1) is 0 Å². The van der Waals surface area contributed by atoms with Crippen LogP contribution >= 0.6 is 0 Å². The Morgan fingerprint density at radius 3 is 2.82 bits per heavy atom. The maximum Gasteiger partial charge on any atom is 0.258 e. The maximum absolute atomic E-state index is 11.5. The van der Waals surface area contributed by atoms with Crippen LogP contribution in [0.2, 0.25) is 0 Å². The van der Waals surface area contributed by atoms with Crippen molar-refractivity contribution in [1.29, 1.82) is 0 Å². The molecule has 1 atom stereocenters. The lowest BCUT2D eigenvalue weighted by atomic mass is 10.2. The van der Waals surface area contributed by atoms with Crippen molar-refractivity contribution >= 4 is 11.6 Å². The van der Waals surface area contributed by atoms with Crippen LogP contribution in [-0.2, 0) is 4.79 Å². The molecule has 0 heterocycles. The smallest absolute Gasteiger partial charge is 0.258 e. The molecule has 0 radical (unpaired) electrons. The summed E-state index contributed by atoms with van der Waals surface area (Å²) in [6, 6.07) is 5.54. The highest BCUT2D eigenvalue weighted by Crippen LogP contribution is 2.19. The van der Waals surface area contributed by atoms with Crippen molar-refractivity contribution in [1.82, 2.24) is 5.32 Å². The molecule has 1 rings (SSSR count). The van der Waals surface area contributed by atoms with E-state index in [9.17, 15) is 4.79 Å². The number of nitrogens with one attached hydrogen (secondary N) is 1. The normalized spacial score (nSPS) is 11.9. The Bertz CT molecular complexity index is 391. The highest BCUT2D eigenvalue weighted by Gasteiger charge is 2.07. The molecule has 0 aliphatic carbocycles. The van der Waals surface area contributed by atoms with Crippen molar-refractivity contribution in [2.75, 3.05) is 12.3 Å². The maximum atomic E-state index is 11.5. The van der Waals surface area contributed by atoms with Gasteiger partial charge in [-0.2, -0.15) is 0 Å². The molecule has 0 aromatic heterocycles. The van der Waals surface area contributed by atoms with Crippen LogP contribution in [0.5, 0.6) is 5.75 Å². The summed E-state index contributed by atoms with van der Waals surface area (Å²) in [5.74, 6) is 0.592. The number of anilines is 1. The second-order valence-corrected chi connectivity index (χ2v) is 4.19. The minimum atomic E-state index is -0.101. The number of carbonyl (C=O) groups excluding carboxylic acids is 1. The molecule has 94 valence electrons. The van der Waals surface area contributed by atoms with Crippen molar-refractivity contribution in [3.05, 3.63) is 23.8 Å². The first-order valence-electron chi connectivity index (χ1n) is 5.81. The Balaban J connectivity index is 2.47. The number of amides is 1. The standard InChI is InChI=1S/C13H20N2O2/c1-4-10(3)15-13(16)8-17-12-6-5-11(14)7-9(12)2/h5-7,10H,4,8,14H2,1-3H3,(H,15,16). The van der Waals surface area contributed by atoms with Gasteiger partial charge < -0.3 is 15.8 Å². The molecule has 0 aliphatic rings. The molecule has 1 unspecified atom stereocenters. The number of carbonyl (C=O) groups is 1. The molecule has 4 nitrogen and oxygen atoms in total. The number of hydrogen-bond donors (Lipinski definition) is 2. The van der Waals surface area contributed by atoms with Gasteiger partial charge in [-0.05, 0) is 44.0 Å². The molecular weight excluding hydrogens is 216 g/mol. The molecule has 1 aromatic rings. The average molecular weight is 236 g/mol. The van der Waals surface area contributed by atoms with Crippen LogP contribution in [-0.4, -0.2) is 18.6 Å². The highest BCUT2D eigenvalue weighted by atomic mass is 16.5. The van der Waals surface area contributed by atoms with Gasteiger partial charge in [0, 0.05) is 11.7 Å². The molecule has 17 heavy (non-hydrogen) atoms. The Hall–Kier alpha value is -1.71. The molecule has 0 saturated heterocycles. The van der Waals surface area contributed by atoms with Gasteiger partial charge in [0.2, 0.25) is 0 Å². The molecule has 0 saturated carbocycles. The number of benzene rings is 1. The van der Waals surface area contributed by atoms with Gasteiger partial charge in [0.25, 0.3) is 5.91 Å². The van der Waals surface area contributed by atoms with E-state index in [2.05, 4.69) is 5.32 Å². The SMILES string of the molecule is CCC(C)NC(=O)COc1ccc(N)cc1C. The first kappa shape index (κ1) is 13.4. The van der Waals surface area contributed by atoms with Gasteiger partial charge in [-0.3, -0.25) is 4.79 Å². The predicted molar refractivity (Wildman–Crippen MR) is 69.0 cm³/mol. The van der Waals surface area contributed by atoms with Crippen LogP contribution in [0.25, 0.3) is 0 Å². The van der Waals surface area contributed by atoms with Gasteiger partial charge in [0.15, 0.2) is 6.61 Å². The number of ether oxygens (including phenoxy) is 1. The number of hydrogen-bond acceptors (Lipinski definition) is 3. The van der Waals surface area contributed by atoms with Crippen LogP contribution in [0.4, 0.5) is 5.69 Å². The lowest BCUT2D eigenvalue weighted by Crippen LogP contribution is -2.35. The molecule has 1 amide bonds. The van der Waals surface area contributed by atoms with Gasteiger partial charge >= 0.3 is 0 Å². The van der Waals surface area contributed by atoms with E-state index in [0.717, 1.165) is 12.0 Å². The molecule has 0 bridgehead atoms. The third-order valence-electron chi connectivity index (χ3n) is 2.58. The van der Waals surface area contributed by atoms with Crippen molar-refractivity contribution in [2.45, 2.75) is 33.2 Å². The zero-order chi connectivity index (χ0) is 12.8. The topological polar surface area (TPSA) is 64.3 Å². The second-order valence-electron chi connectivity index (χ2n) is 4.19. The number of rotatable bonds is 5. The van der Waals surface area contributed by atoms with E-state index in [1.165, 1.54) is 0 Å². The molecule has 0 fully saturated rings. The summed E-state index contributed by atoms with van der Waals surface area (Å²) in [5.41, 5.74) is 7.26. The van der Waals surface area contributed by atoms with E-state index in [-0.39, 0.29) is 18.6 Å². The van der Waals surface area contributed by atoms with Gasteiger partial charge in [-0.15, -0.1) is 0 Å². The van der Waals surface area contributed by atoms with Crippen LogP contribution in [0.15, 0.2) is 18.2 Å². The van der Waals surface area contributed by atoms with Gasteiger partial charge in [0.1, 0.15) is 5.75 Å². The molecule has 4 heteroatoms. The summed E-state index contributed by atoms with van der Waals surface area (Å²) in [7, 11) is 0. The monoisotopic (exact) mass is 236 g/mol. The van der Waals surface area contributed by atoms with Gasteiger partial charge in [-0.1, -0.05) is 6.92 Å². The summed E-state index contributed by atoms with van der Waals surface area (Å²) in [6.45, 7) is 5.93. The van der Waals surface area contributed by atoms with Crippen LogP contribution in [0.1, 0.15) is 25.8 Å². The van der Waals surface area contributed by atoms with E-state index in [1.54, 1.807) is 12.1 Å². The Labute approximate surface area is 102 Å². The number of aryl methyl sites for hydroxylation is 1. The van der Waals surface area contributed by atoms with Crippen LogP contribution in [0.3, 0.4) is 0 Å². The van der Waals surface area contributed by atoms with Crippen LogP contribution in [0, 0.1) is 6.92 Å². The zero-order valence-corrected chi connectivity index (χ0v) is 10.6. The second kappa shape index (κ2) is 6.13. The molecule has 0 aliphatic heterocycles. The number of nitrogen functional groups attached to an aromatic ring is 1. The largest absolute Gasteiger partial charge is 0.484 e. The van der Waals surface area contributed by atoms with E-state index in [4.69, 9.17) is 10.5 Å². The van der Waals surface area contributed by atoms with Crippen molar-refractivity contribution < 1.29 is 9.53 Å². The van der Waals surface area contributed by atoms with Crippen molar-refractivity contribution in [3.8, 4) is 5.75 Å². The van der Waals surface area contributed by atoms with E-state index in [1.807, 2.05) is 26.8 Å². The quantitative estimate of drug-likeness (QED) is 0.767. The number of nitrogens with two attached hydrogens (primary N) is 1. The summed E-state index contributed by atoms with van der Waals surface area (Å²) < 4.78 is 5.43. The van der Waals surface area contributed by atoms with Gasteiger partial charge in [-0.25, -0.2) is 0 Å². The Kier molecular flexibility index (Phi) is 4.82. The third-order valence-corrected chi connectivity index (χ3v) is 2.58. The van der Waals surface area contributed by atoms with Crippen molar-refractivity contribution in [2.24, 2.45) is 0 Å². The molecule has 1 aromatic carbocycles. The average Bonchev–Trinajstić information content (AvgIpc) is 2.27. The fraction of sp³-hybridized carbons (Fsp3) is 0.462. The fourth-order valence-electron chi connectivity index (χ4n) is 1.40. The predicted octanol–water partition coefficient (Wildman–Crippen LogP) is 1.87. The summed E-state index contributed by atoms with van der Waals surface area (Å²) in [4.78, 5) is 11.5. The fourth-order valence-corrected chi connectivity index (χ4v) is 1.40. The summed E-state index contributed by atoms with van der Waals surface area (Å²) >= 11 is 0. The Morgan fingerprint density at radius 1 is 1.53 bits per heavy atom. The molecular formula is C13H20N2O2. The van der Waals surface area contributed by atoms with E-state index < -0.39 is 0 Å². The van der Waals surface area contributed by atoms with E-state index in [0.29, 0.717) is 11.4 Å². The summed E-state index contributed by atoms with van der Waals surface area (Å²) in [6.07, 6.45) is 0.909. The zero-order valence-electron chi connectivity index (χ0n) is 10.6. The van der Waals surface area contributed by atoms with E-state index >= 15 is 0 Å². The lowest BCUT2D eigenvalue weighted by molar-refractivity contribution is -0.123. The lowest BCUT2D eigenvalue weighted by Gasteiger charge is -2.13. The first-order chi connectivity index (χ1) is 8.02. The van der Waals surface area contributed by atoms with Crippen molar-refractivity contribution in [3.63, 3.8) is 0 Å². The third kappa shape index (κ3) is 4.34. The minimum absolute atomic E-state index is 0.0368. The summed E-state index contributed by atoms with van der Waals surface area (Å²) in [5, 5.41) is 2.84. The minimum Gasteiger partial charge on any atom is -0.484 e. The molecule has 0 spiro atoms. The molecule has 3 N–H and O–H groups in total. The van der Waals surface area contributed by atoms with Crippen LogP contribution < -0.4 is 15.8 Å². The Morgan fingerprint density at radius 2 is 2.24 bits per heavy atom. The first-order valence-corrected chi connectivity index (χ1v) is 5.81.